The lowest BCUT2D eigenvalue weighted by atomic mass is 10.4. The molecule has 0 aliphatic carbocycles. The van der Waals surface area contributed by atoms with Gasteiger partial charge in [0.2, 0.25) is 5.91 Å². The predicted octanol–water partition coefficient (Wildman–Crippen LogP) is 1.51. The van der Waals surface area contributed by atoms with Crippen molar-refractivity contribution in [3.05, 3.63) is 30.1 Å². The van der Waals surface area contributed by atoms with Crippen LogP contribution in [0.1, 0.15) is 6.42 Å². The van der Waals surface area contributed by atoms with E-state index in [0.717, 1.165) is 4.90 Å². The van der Waals surface area contributed by atoms with Gasteiger partial charge in [0.15, 0.2) is 0 Å². The Morgan fingerprint density at radius 2 is 1.94 bits per heavy atom. The Morgan fingerprint density at radius 1 is 1.29 bits per heavy atom. The number of carboxylic acid groups (broad SMARTS) is 1. The minimum atomic E-state index is -1.07. The zero-order chi connectivity index (χ0) is 12.7. The molecule has 0 saturated carbocycles. The molecule has 1 aromatic rings. The van der Waals surface area contributed by atoms with Crippen molar-refractivity contribution in [2.75, 3.05) is 12.3 Å². The highest BCUT2D eigenvalue weighted by atomic mass is 32.2. The Bertz CT molecular complexity index is 394. The topological polar surface area (TPSA) is 66.4 Å². The number of benzene rings is 1. The summed E-state index contributed by atoms with van der Waals surface area (Å²) in [6, 6.07) is 5.98. The summed E-state index contributed by atoms with van der Waals surface area (Å²) in [5.74, 6) is -1.14. The molecule has 0 atom stereocenters. The zero-order valence-corrected chi connectivity index (χ0v) is 9.80. The first-order chi connectivity index (χ1) is 8.08. The summed E-state index contributed by atoms with van der Waals surface area (Å²) in [4.78, 5) is 22.2. The van der Waals surface area contributed by atoms with Crippen LogP contribution in [0, 0.1) is 5.82 Å². The van der Waals surface area contributed by atoms with E-state index in [0.29, 0.717) is 5.75 Å². The van der Waals surface area contributed by atoms with Crippen molar-refractivity contribution in [3.8, 4) is 0 Å². The van der Waals surface area contributed by atoms with Crippen LogP contribution in [0.15, 0.2) is 29.2 Å². The van der Waals surface area contributed by atoms with E-state index in [2.05, 4.69) is 5.32 Å². The number of amides is 1. The largest absolute Gasteiger partial charge is 0.480 e. The van der Waals surface area contributed by atoms with E-state index in [9.17, 15) is 14.0 Å². The molecule has 1 aromatic carbocycles. The molecular formula is C11H12FNO3S. The quantitative estimate of drug-likeness (QED) is 0.758. The molecule has 0 fully saturated rings. The van der Waals surface area contributed by atoms with Gasteiger partial charge in [-0.05, 0) is 24.3 Å². The Morgan fingerprint density at radius 3 is 2.53 bits per heavy atom. The van der Waals surface area contributed by atoms with Gasteiger partial charge < -0.3 is 10.4 Å². The molecule has 0 saturated heterocycles. The standard InChI is InChI=1S/C11H12FNO3S/c12-8-1-3-9(4-2-8)17-6-5-10(14)13-7-11(15)16/h1-4H,5-7H2,(H,13,14)(H,15,16). The molecule has 0 unspecified atom stereocenters. The number of carbonyl (C=O) groups excluding carboxylic acids is 1. The maximum absolute atomic E-state index is 12.6. The average molecular weight is 257 g/mol. The fraction of sp³-hybridized carbons (Fsp3) is 0.273. The average Bonchev–Trinajstić information content (AvgIpc) is 2.29. The number of aliphatic carboxylic acids is 1. The van der Waals surface area contributed by atoms with Crippen LogP contribution in [-0.2, 0) is 9.59 Å². The summed E-state index contributed by atoms with van der Waals surface area (Å²) in [6.45, 7) is -0.361. The normalized spacial score (nSPS) is 9.94. The van der Waals surface area contributed by atoms with Gasteiger partial charge in [-0.15, -0.1) is 11.8 Å². The highest BCUT2D eigenvalue weighted by molar-refractivity contribution is 7.99. The van der Waals surface area contributed by atoms with Gasteiger partial charge in [0.1, 0.15) is 12.4 Å². The van der Waals surface area contributed by atoms with Crippen LogP contribution in [0.25, 0.3) is 0 Å². The minimum Gasteiger partial charge on any atom is -0.480 e. The van der Waals surface area contributed by atoms with Gasteiger partial charge in [-0.2, -0.15) is 0 Å². The summed E-state index contributed by atoms with van der Waals surface area (Å²) in [5, 5.41) is 10.6. The van der Waals surface area contributed by atoms with Gasteiger partial charge in [0.25, 0.3) is 0 Å². The van der Waals surface area contributed by atoms with Gasteiger partial charge in [-0.1, -0.05) is 0 Å². The molecule has 0 aromatic heterocycles. The van der Waals surface area contributed by atoms with Crippen LogP contribution in [-0.4, -0.2) is 29.3 Å². The van der Waals surface area contributed by atoms with Crippen LogP contribution in [0.3, 0.4) is 0 Å². The lowest BCUT2D eigenvalue weighted by molar-refractivity contribution is -0.137. The molecule has 0 heterocycles. The number of hydrogen-bond acceptors (Lipinski definition) is 3. The molecular weight excluding hydrogens is 245 g/mol. The number of rotatable bonds is 6. The molecule has 0 bridgehead atoms. The minimum absolute atomic E-state index is 0.231. The Labute approximate surface area is 102 Å². The van der Waals surface area contributed by atoms with E-state index in [1.54, 1.807) is 12.1 Å². The SMILES string of the molecule is O=C(O)CNC(=O)CCSc1ccc(F)cc1. The van der Waals surface area contributed by atoms with Crippen molar-refractivity contribution in [1.82, 2.24) is 5.32 Å². The van der Waals surface area contributed by atoms with Gasteiger partial charge >= 0.3 is 5.97 Å². The van der Waals surface area contributed by atoms with Crippen LogP contribution < -0.4 is 5.32 Å². The molecule has 2 N–H and O–H groups in total. The fourth-order valence-electron chi connectivity index (χ4n) is 1.05. The van der Waals surface area contributed by atoms with Crippen molar-refractivity contribution in [2.24, 2.45) is 0 Å². The summed E-state index contributed by atoms with van der Waals surface area (Å²) in [5.41, 5.74) is 0. The third-order valence-electron chi connectivity index (χ3n) is 1.85. The summed E-state index contributed by atoms with van der Waals surface area (Å²) < 4.78 is 12.6. The van der Waals surface area contributed by atoms with Crippen molar-refractivity contribution in [2.45, 2.75) is 11.3 Å². The molecule has 6 heteroatoms. The maximum atomic E-state index is 12.6. The zero-order valence-electron chi connectivity index (χ0n) is 8.98. The second-order valence-electron chi connectivity index (χ2n) is 3.22. The first-order valence-electron chi connectivity index (χ1n) is 4.95. The third kappa shape index (κ3) is 5.91. The number of halogens is 1. The van der Waals surface area contributed by atoms with Crippen LogP contribution in [0.5, 0.6) is 0 Å². The van der Waals surface area contributed by atoms with Crippen LogP contribution in [0.4, 0.5) is 4.39 Å². The van der Waals surface area contributed by atoms with E-state index in [1.165, 1.54) is 23.9 Å². The predicted molar refractivity (Wildman–Crippen MR) is 62.4 cm³/mol. The molecule has 0 spiro atoms. The lowest BCUT2D eigenvalue weighted by Gasteiger charge is -2.02. The molecule has 0 radical (unpaired) electrons. The smallest absolute Gasteiger partial charge is 0.322 e. The van der Waals surface area contributed by atoms with Crippen molar-refractivity contribution < 1.29 is 19.1 Å². The van der Waals surface area contributed by atoms with E-state index >= 15 is 0 Å². The van der Waals surface area contributed by atoms with Crippen LogP contribution >= 0.6 is 11.8 Å². The number of carboxylic acids is 1. The molecule has 17 heavy (non-hydrogen) atoms. The third-order valence-corrected chi connectivity index (χ3v) is 2.86. The first kappa shape index (κ1) is 13.5. The highest BCUT2D eigenvalue weighted by Crippen LogP contribution is 2.18. The van der Waals surface area contributed by atoms with Crippen molar-refractivity contribution in [3.63, 3.8) is 0 Å². The van der Waals surface area contributed by atoms with E-state index in [4.69, 9.17) is 5.11 Å². The Balaban J connectivity index is 2.21. The number of thioether (sulfide) groups is 1. The molecule has 92 valence electrons. The Hall–Kier alpha value is -1.56. The molecule has 1 rings (SSSR count). The van der Waals surface area contributed by atoms with Crippen molar-refractivity contribution in [1.29, 1.82) is 0 Å². The summed E-state index contributed by atoms with van der Waals surface area (Å²) in [6.07, 6.45) is 0.231. The number of carbonyl (C=O) groups is 2. The van der Waals surface area contributed by atoms with E-state index < -0.39 is 5.97 Å². The van der Waals surface area contributed by atoms with Gasteiger partial charge in [0, 0.05) is 17.1 Å². The van der Waals surface area contributed by atoms with Gasteiger partial charge in [-0.25, -0.2) is 4.39 Å². The Kier molecular flexibility index (Phi) is 5.48. The first-order valence-corrected chi connectivity index (χ1v) is 5.93. The molecule has 4 nitrogen and oxygen atoms in total. The number of nitrogens with one attached hydrogen (secondary N) is 1. The monoisotopic (exact) mass is 257 g/mol. The summed E-state index contributed by atoms with van der Waals surface area (Å²) >= 11 is 1.42. The molecule has 0 aliphatic heterocycles. The molecule has 0 aliphatic rings. The summed E-state index contributed by atoms with van der Waals surface area (Å²) in [7, 11) is 0. The number of hydrogen-bond donors (Lipinski definition) is 2. The highest BCUT2D eigenvalue weighted by Gasteiger charge is 2.04. The van der Waals surface area contributed by atoms with Crippen molar-refractivity contribution >= 4 is 23.6 Å². The van der Waals surface area contributed by atoms with E-state index in [1.807, 2.05) is 0 Å². The maximum Gasteiger partial charge on any atom is 0.322 e. The fourth-order valence-corrected chi connectivity index (χ4v) is 1.91. The molecule has 1 amide bonds. The van der Waals surface area contributed by atoms with E-state index in [-0.39, 0.29) is 24.7 Å². The van der Waals surface area contributed by atoms with Crippen LogP contribution in [0.2, 0.25) is 0 Å². The lowest BCUT2D eigenvalue weighted by Crippen LogP contribution is -2.29. The second kappa shape index (κ2) is 6.90. The van der Waals surface area contributed by atoms with Gasteiger partial charge in [0.05, 0.1) is 0 Å². The van der Waals surface area contributed by atoms with Gasteiger partial charge in [-0.3, -0.25) is 9.59 Å². The second-order valence-corrected chi connectivity index (χ2v) is 4.39.